The fraction of sp³-hybridized carbons (Fsp3) is 0.0714. The predicted molar refractivity (Wildman–Crippen MR) is 77.6 cm³/mol. The number of carbonyl (C=O) groups excluding carboxylic acids is 1. The molecule has 20 heavy (non-hydrogen) atoms. The molecule has 0 spiro atoms. The Morgan fingerprint density at radius 1 is 1.05 bits per heavy atom. The molecule has 1 amide bonds. The second kappa shape index (κ2) is 6.47. The van der Waals surface area contributed by atoms with E-state index >= 15 is 0 Å². The van der Waals surface area contributed by atoms with Crippen LogP contribution in [0.1, 0.15) is 0 Å². The monoisotopic (exact) mass is 340 g/mol. The minimum Gasteiger partial charge on any atom is -0.376 e. The molecule has 2 rings (SSSR count). The highest BCUT2D eigenvalue weighted by Gasteiger charge is 2.05. The lowest BCUT2D eigenvalue weighted by atomic mass is 10.3. The highest BCUT2D eigenvalue weighted by molar-refractivity contribution is 9.10. The van der Waals surface area contributed by atoms with Crippen LogP contribution in [0.15, 0.2) is 46.9 Å². The fourth-order valence-corrected chi connectivity index (χ4v) is 2.01. The van der Waals surface area contributed by atoms with Gasteiger partial charge in [-0.05, 0) is 30.3 Å². The second-order valence-corrected chi connectivity index (χ2v) is 4.99. The number of carbonyl (C=O) groups is 1. The van der Waals surface area contributed by atoms with Gasteiger partial charge in [-0.2, -0.15) is 0 Å². The van der Waals surface area contributed by atoms with Crippen LogP contribution >= 0.6 is 15.9 Å². The van der Waals surface area contributed by atoms with Crippen LogP contribution < -0.4 is 10.6 Å². The van der Waals surface area contributed by atoms with Crippen LogP contribution in [0.3, 0.4) is 0 Å². The number of amides is 1. The average Bonchev–Trinajstić information content (AvgIpc) is 2.35. The third-order valence-corrected chi connectivity index (χ3v) is 2.92. The molecule has 0 radical (unpaired) electrons. The number of hydrogen-bond acceptors (Lipinski definition) is 2. The average molecular weight is 341 g/mol. The maximum atomic E-state index is 13.0. The van der Waals surface area contributed by atoms with Crippen molar-refractivity contribution in [2.45, 2.75) is 0 Å². The summed E-state index contributed by atoms with van der Waals surface area (Å²) < 4.78 is 26.8. The smallest absolute Gasteiger partial charge is 0.243 e. The van der Waals surface area contributed by atoms with E-state index in [1.807, 2.05) is 18.2 Å². The third-order valence-electron chi connectivity index (χ3n) is 2.42. The maximum Gasteiger partial charge on any atom is 0.243 e. The van der Waals surface area contributed by atoms with Crippen molar-refractivity contribution in [3.8, 4) is 0 Å². The molecule has 0 aliphatic rings. The van der Waals surface area contributed by atoms with Gasteiger partial charge in [-0.15, -0.1) is 0 Å². The summed E-state index contributed by atoms with van der Waals surface area (Å²) in [6.45, 7) is -0.00537. The van der Waals surface area contributed by atoms with E-state index in [0.717, 1.165) is 28.4 Å². The van der Waals surface area contributed by atoms with Gasteiger partial charge in [-0.1, -0.05) is 22.0 Å². The van der Waals surface area contributed by atoms with Gasteiger partial charge in [0.05, 0.1) is 6.54 Å². The van der Waals surface area contributed by atoms with Crippen LogP contribution in [-0.4, -0.2) is 12.5 Å². The Kier molecular flexibility index (Phi) is 4.68. The number of anilines is 2. The number of nitrogens with one attached hydrogen (secondary N) is 2. The molecular weight excluding hydrogens is 330 g/mol. The lowest BCUT2D eigenvalue weighted by Crippen LogP contribution is -2.21. The summed E-state index contributed by atoms with van der Waals surface area (Å²) in [4.78, 5) is 11.7. The first-order valence-electron chi connectivity index (χ1n) is 5.78. The lowest BCUT2D eigenvalue weighted by Gasteiger charge is -2.08. The van der Waals surface area contributed by atoms with E-state index in [2.05, 4.69) is 26.6 Å². The van der Waals surface area contributed by atoms with Crippen LogP contribution in [0.25, 0.3) is 0 Å². The zero-order valence-electron chi connectivity index (χ0n) is 10.3. The van der Waals surface area contributed by atoms with E-state index in [4.69, 9.17) is 0 Å². The molecule has 0 heterocycles. The van der Waals surface area contributed by atoms with E-state index in [0.29, 0.717) is 0 Å². The SMILES string of the molecule is O=C(CNc1cccc(Br)c1)Nc1cc(F)cc(F)c1. The molecule has 104 valence electrons. The molecule has 0 aliphatic carbocycles. The summed E-state index contributed by atoms with van der Waals surface area (Å²) in [5.74, 6) is -1.87. The van der Waals surface area contributed by atoms with Gasteiger partial charge in [-0.3, -0.25) is 4.79 Å². The van der Waals surface area contributed by atoms with Crippen molar-refractivity contribution in [2.75, 3.05) is 17.2 Å². The van der Waals surface area contributed by atoms with Crippen molar-refractivity contribution in [2.24, 2.45) is 0 Å². The van der Waals surface area contributed by atoms with Crippen LogP contribution in [0, 0.1) is 11.6 Å². The Labute approximate surface area is 123 Å². The Morgan fingerprint density at radius 2 is 1.75 bits per heavy atom. The van der Waals surface area contributed by atoms with Crippen molar-refractivity contribution in [3.05, 3.63) is 58.6 Å². The van der Waals surface area contributed by atoms with Gasteiger partial charge < -0.3 is 10.6 Å². The molecule has 0 saturated heterocycles. The summed E-state index contributed by atoms with van der Waals surface area (Å²) in [5.41, 5.74) is 0.850. The molecule has 0 fully saturated rings. The topological polar surface area (TPSA) is 41.1 Å². The van der Waals surface area contributed by atoms with E-state index in [1.165, 1.54) is 0 Å². The van der Waals surface area contributed by atoms with Crippen molar-refractivity contribution >= 4 is 33.2 Å². The number of halogens is 3. The van der Waals surface area contributed by atoms with E-state index in [9.17, 15) is 13.6 Å². The fourth-order valence-electron chi connectivity index (χ4n) is 1.61. The van der Waals surface area contributed by atoms with Crippen molar-refractivity contribution in [3.63, 3.8) is 0 Å². The Morgan fingerprint density at radius 3 is 2.40 bits per heavy atom. The molecule has 0 unspecified atom stereocenters. The van der Waals surface area contributed by atoms with Crippen molar-refractivity contribution < 1.29 is 13.6 Å². The minimum absolute atomic E-state index is 0.00537. The van der Waals surface area contributed by atoms with Crippen molar-refractivity contribution in [1.82, 2.24) is 0 Å². The lowest BCUT2D eigenvalue weighted by molar-refractivity contribution is -0.114. The van der Waals surface area contributed by atoms with Gasteiger partial charge in [0.1, 0.15) is 11.6 Å². The second-order valence-electron chi connectivity index (χ2n) is 4.07. The normalized spacial score (nSPS) is 10.2. The van der Waals surface area contributed by atoms with Gasteiger partial charge >= 0.3 is 0 Å². The highest BCUT2D eigenvalue weighted by Crippen LogP contribution is 2.16. The zero-order chi connectivity index (χ0) is 14.5. The van der Waals surface area contributed by atoms with Gasteiger partial charge in [0.15, 0.2) is 0 Å². The molecule has 0 aromatic heterocycles. The minimum atomic E-state index is -0.736. The number of hydrogen-bond donors (Lipinski definition) is 2. The third kappa shape index (κ3) is 4.31. The summed E-state index contributed by atoms with van der Waals surface area (Å²) >= 11 is 3.31. The standard InChI is InChI=1S/C14H11BrF2N2O/c15-9-2-1-3-12(4-9)18-8-14(20)19-13-6-10(16)5-11(17)7-13/h1-7,18H,8H2,(H,19,20). The molecule has 0 atom stereocenters. The first kappa shape index (κ1) is 14.5. The van der Waals surface area contributed by atoms with Gasteiger partial charge in [0.25, 0.3) is 0 Å². The Balaban J connectivity index is 1.92. The van der Waals surface area contributed by atoms with Crippen LogP contribution in [0.4, 0.5) is 20.2 Å². The molecule has 2 N–H and O–H groups in total. The van der Waals surface area contributed by atoms with Gasteiger partial charge in [-0.25, -0.2) is 8.78 Å². The summed E-state index contributed by atoms with van der Waals surface area (Å²) in [5, 5.41) is 5.32. The van der Waals surface area contributed by atoms with Gasteiger partial charge in [0.2, 0.25) is 5.91 Å². The zero-order valence-corrected chi connectivity index (χ0v) is 11.9. The molecule has 6 heteroatoms. The van der Waals surface area contributed by atoms with Crippen LogP contribution in [0.2, 0.25) is 0 Å². The quantitative estimate of drug-likeness (QED) is 0.889. The summed E-state index contributed by atoms with van der Waals surface area (Å²) in [6.07, 6.45) is 0. The molecule has 2 aromatic carbocycles. The van der Waals surface area contributed by atoms with Crippen molar-refractivity contribution in [1.29, 1.82) is 0 Å². The highest BCUT2D eigenvalue weighted by atomic mass is 79.9. The van der Waals surface area contributed by atoms with Gasteiger partial charge in [0, 0.05) is 21.9 Å². The molecule has 0 bridgehead atoms. The largest absolute Gasteiger partial charge is 0.376 e. The summed E-state index contributed by atoms with van der Waals surface area (Å²) in [7, 11) is 0. The molecule has 2 aromatic rings. The Bertz CT molecular complexity index is 614. The van der Waals surface area contributed by atoms with E-state index < -0.39 is 17.5 Å². The molecule has 3 nitrogen and oxygen atoms in total. The van der Waals surface area contributed by atoms with Crippen LogP contribution in [0.5, 0.6) is 0 Å². The predicted octanol–water partition coefficient (Wildman–Crippen LogP) is 3.78. The number of rotatable bonds is 4. The molecular formula is C14H11BrF2N2O. The number of benzene rings is 2. The first-order chi connectivity index (χ1) is 9.52. The molecule has 0 saturated carbocycles. The first-order valence-corrected chi connectivity index (χ1v) is 6.57. The maximum absolute atomic E-state index is 13.0. The van der Waals surface area contributed by atoms with E-state index in [1.54, 1.807) is 6.07 Å². The molecule has 0 aliphatic heterocycles. The summed E-state index contributed by atoms with van der Waals surface area (Å²) in [6, 6.07) is 10.2. The van der Waals surface area contributed by atoms with E-state index in [-0.39, 0.29) is 12.2 Å². The Hall–Kier alpha value is -1.95. The van der Waals surface area contributed by atoms with Crippen LogP contribution in [-0.2, 0) is 4.79 Å².